The van der Waals surface area contributed by atoms with E-state index in [1.807, 2.05) is 50.8 Å². The summed E-state index contributed by atoms with van der Waals surface area (Å²) >= 11 is 0. The van der Waals surface area contributed by atoms with Gasteiger partial charge in [0.25, 0.3) is 0 Å². The highest BCUT2D eigenvalue weighted by Crippen LogP contribution is 2.25. The van der Waals surface area contributed by atoms with Crippen LogP contribution in [-0.2, 0) is 11.2 Å². The minimum Gasteiger partial charge on any atom is -0.444 e. The van der Waals surface area contributed by atoms with E-state index in [0.29, 0.717) is 0 Å². The van der Waals surface area contributed by atoms with Crippen LogP contribution in [0.4, 0.5) is 10.5 Å². The summed E-state index contributed by atoms with van der Waals surface area (Å²) in [5, 5.41) is 0. The van der Waals surface area contributed by atoms with Gasteiger partial charge in [-0.2, -0.15) is 0 Å². The summed E-state index contributed by atoms with van der Waals surface area (Å²) in [6.45, 7) is 10.6. The first-order chi connectivity index (χ1) is 10.8. The minimum absolute atomic E-state index is 0.0368. The molecule has 0 bridgehead atoms. The van der Waals surface area contributed by atoms with Crippen LogP contribution in [0.1, 0.15) is 53.0 Å². The first-order valence-corrected chi connectivity index (χ1v) is 8.44. The highest BCUT2D eigenvalue weighted by Gasteiger charge is 2.33. The Labute approximate surface area is 139 Å². The lowest BCUT2D eigenvalue weighted by atomic mass is 10.1. The maximum absolute atomic E-state index is 12.4. The van der Waals surface area contributed by atoms with Crippen LogP contribution in [0.15, 0.2) is 29.3 Å². The number of carbonyl (C=O) groups is 1. The van der Waals surface area contributed by atoms with E-state index in [-0.39, 0.29) is 12.1 Å². The molecular formula is C19H28N2O2. The van der Waals surface area contributed by atoms with E-state index in [1.165, 1.54) is 5.56 Å². The van der Waals surface area contributed by atoms with Crippen LogP contribution in [0.3, 0.4) is 0 Å². The molecule has 1 heterocycles. The molecule has 1 atom stereocenters. The Morgan fingerprint density at radius 3 is 2.70 bits per heavy atom. The van der Waals surface area contributed by atoms with Crippen LogP contribution < -0.4 is 0 Å². The van der Waals surface area contributed by atoms with Crippen molar-refractivity contribution in [2.75, 3.05) is 6.54 Å². The van der Waals surface area contributed by atoms with Crippen molar-refractivity contribution in [1.82, 2.24) is 4.90 Å². The van der Waals surface area contributed by atoms with Gasteiger partial charge in [0.05, 0.1) is 11.7 Å². The standard InChI is InChI=1S/C19H28N2O2/c1-6-15-10-7-8-11-16(15)20-14(2)17-12-9-13-21(17)18(22)23-19(3,4)5/h7-8,10-11,17H,6,9,12-13H2,1-5H3. The van der Waals surface area contributed by atoms with E-state index >= 15 is 0 Å². The van der Waals surface area contributed by atoms with Crippen LogP contribution in [0.2, 0.25) is 0 Å². The van der Waals surface area contributed by atoms with Gasteiger partial charge in [-0.15, -0.1) is 0 Å². The predicted molar refractivity (Wildman–Crippen MR) is 94.6 cm³/mol. The fraction of sp³-hybridized carbons (Fsp3) is 0.579. The van der Waals surface area contributed by atoms with Crippen molar-refractivity contribution in [1.29, 1.82) is 0 Å². The van der Waals surface area contributed by atoms with E-state index in [9.17, 15) is 4.79 Å². The monoisotopic (exact) mass is 316 g/mol. The summed E-state index contributed by atoms with van der Waals surface area (Å²) in [5.41, 5.74) is 2.75. The summed E-state index contributed by atoms with van der Waals surface area (Å²) in [6, 6.07) is 8.22. The molecule has 0 aromatic heterocycles. The molecule has 0 saturated carbocycles. The van der Waals surface area contributed by atoms with Crippen LogP contribution >= 0.6 is 0 Å². The number of amides is 1. The third-order valence-electron chi connectivity index (χ3n) is 4.03. The summed E-state index contributed by atoms with van der Waals surface area (Å²) in [5.74, 6) is 0. The highest BCUT2D eigenvalue weighted by atomic mass is 16.6. The summed E-state index contributed by atoms with van der Waals surface area (Å²) in [4.78, 5) is 19.0. The average Bonchev–Trinajstić information content (AvgIpc) is 2.95. The first-order valence-electron chi connectivity index (χ1n) is 8.44. The van der Waals surface area contributed by atoms with Crippen molar-refractivity contribution in [3.63, 3.8) is 0 Å². The molecule has 1 unspecified atom stereocenters. The largest absolute Gasteiger partial charge is 0.444 e. The quantitative estimate of drug-likeness (QED) is 0.756. The Balaban J connectivity index is 2.18. The van der Waals surface area contributed by atoms with Gasteiger partial charge in [0, 0.05) is 12.3 Å². The third-order valence-corrected chi connectivity index (χ3v) is 4.03. The molecule has 4 nitrogen and oxygen atoms in total. The molecule has 23 heavy (non-hydrogen) atoms. The lowest BCUT2D eigenvalue weighted by Gasteiger charge is -2.28. The molecule has 1 aromatic rings. The summed E-state index contributed by atoms with van der Waals surface area (Å²) < 4.78 is 5.53. The fourth-order valence-electron chi connectivity index (χ4n) is 2.92. The topological polar surface area (TPSA) is 41.9 Å². The van der Waals surface area contributed by atoms with Gasteiger partial charge in [0.15, 0.2) is 0 Å². The lowest BCUT2D eigenvalue weighted by Crippen LogP contribution is -2.42. The van der Waals surface area contributed by atoms with Gasteiger partial charge in [-0.05, 0) is 58.6 Å². The second-order valence-electron chi connectivity index (χ2n) is 7.07. The number of benzene rings is 1. The maximum Gasteiger partial charge on any atom is 0.410 e. The Morgan fingerprint density at radius 2 is 2.04 bits per heavy atom. The fourth-order valence-corrected chi connectivity index (χ4v) is 2.92. The Hall–Kier alpha value is -1.84. The van der Waals surface area contributed by atoms with Gasteiger partial charge in [0.1, 0.15) is 5.60 Å². The normalized spacial score (nSPS) is 19.1. The van der Waals surface area contributed by atoms with Crippen molar-refractivity contribution in [2.45, 2.75) is 65.5 Å². The van der Waals surface area contributed by atoms with E-state index in [2.05, 4.69) is 13.0 Å². The molecule has 4 heteroatoms. The van der Waals surface area contributed by atoms with E-state index < -0.39 is 5.60 Å². The summed E-state index contributed by atoms with van der Waals surface area (Å²) in [6.07, 6.45) is 2.65. The number of carbonyl (C=O) groups excluding carboxylic acids is 1. The van der Waals surface area contributed by atoms with Crippen molar-refractivity contribution >= 4 is 17.5 Å². The number of likely N-dealkylation sites (tertiary alicyclic amines) is 1. The molecule has 1 aromatic carbocycles. The van der Waals surface area contributed by atoms with E-state index in [0.717, 1.165) is 37.2 Å². The van der Waals surface area contributed by atoms with Gasteiger partial charge >= 0.3 is 6.09 Å². The van der Waals surface area contributed by atoms with E-state index in [4.69, 9.17) is 9.73 Å². The van der Waals surface area contributed by atoms with Gasteiger partial charge in [-0.1, -0.05) is 25.1 Å². The Kier molecular flexibility index (Phi) is 5.45. The lowest BCUT2D eigenvalue weighted by molar-refractivity contribution is 0.0265. The predicted octanol–water partition coefficient (Wildman–Crippen LogP) is 4.74. The number of hydrogen-bond donors (Lipinski definition) is 0. The molecule has 1 fully saturated rings. The van der Waals surface area contributed by atoms with Crippen LogP contribution in [0.5, 0.6) is 0 Å². The number of hydrogen-bond acceptors (Lipinski definition) is 3. The molecule has 0 radical (unpaired) electrons. The number of aliphatic imine (C=N–C) groups is 1. The van der Waals surface area contributed by atoms with Crippen LogP contribution in [0.25, 0.3) is 0 Å². The number of para-hydroxylation sites is 1. The molecule has 0 spiro atoms. The van der Waals surface area contributed by atoms with E-state index in [1.54, 1.807) is 0 Å². The zero-order chi connectivity index (χ0) is 17.0. The molecule has 1 saturated heterocycles. The smallest absolute Gasteiger partial charge is 0.410 e. The van der Waals surface area contributed by atoms with Crippen molar-refractivity contribution < 1.29 is 9.53 Å². The van der Waals surface area contributed by atoms with Crippen LogP contribution in [-0.4, -0.2) is 34.9 Å². The Bertz CT molecular complexity index is 587. The molecule has 1 aliphatic heterocycles. The molecular weight excluding hydrogens is 288 g/mol. The SMILES string of the molecule is CCc1ccccc1N=C(C)C1CCCN1C(=O)OC(C)(C)C. The second kappa shape index (κ2) is 7.16. The zero-order valence-corrected chi connectivity index (χ0v) is 14.9. The maximum atomic E-state index is 12.4. The molecule has 0 aliphatic carbocycles. The number of aryl methyl sites for hydroxylation is 1. The van der Waals surface area contributed by atoms with Gasteiger partial charge in [-0.3, -0.25) is 9.89 Å². The molecule has 2 rings (SSSR count). The number of ether oxygens (including phenoxy) is 1. The van der Waals surface area contributed by atoms with Crippen molar-refractivity contribution in [3.8, 4) is 0 Å². The summed E-state index contributed by atoms with van der Waals surface area (Å²) in [7, 11) is 0. The second-order valence-corrected chi connectivity index (χ2v) is 7.07. The van der Waals surface area contributed by atoms with Crippen molar-refractivity contribution in [2.24, 2.45) is 4.99 Å². The third kappa shape index (κ3) is 4.57. The van der Waals surface area contributed by atoms with Gasteiger partial charge in [-0.25, -0.2) is 4.79 Å². The first kappa shape index (κ1) is 17.5. The molecule has 1 amide bonds. The zero-order valence-electron chi connectivity index (χ0n) is 14.9. The average molecular weight is 316 g/mol. The molecule has 126 valence electrons. The van der Waals surface area contributed by atoms with Gasteiger partial charge in [0.2, 0.25) is 0 Å². The minimum atomic E-state index is -0.468. The van der Waals surface area contributed by atoms with Gasteiger partial charge < -0.3 is 4.74 Å². The molecule has 0 N–H and O–H groups in total. The number of rotatable bonds is 3. The number of nitrogens with zero attached hydrogens (tertiary/aromatic N) is 2. The Morgan fingerprint density at radius 1 is 1.35 bits per heavy atom. The highest BCUT2D eigenvalue weighted by molar-refractivity contribution is 5.92. The van der Waals surface area contributed by atoms with Crippen LogP contribution in [0, 0.1) is 0 Å². The molecule has 1 aliphatic rings. The van der Waals surface area contributed by atoms with Crippen molar-refractivity contribution in [3.05, 3.63) is 29.8 Å².